The van der Waals surface area contributed by atoms with E-state index in [0.717, 1.165) is 17.0 Å². The molecule has 68 valence electrons. The third-order valence-corrected chi connectivity index (χ3v) is 1.67. The second-order valence-electron chi connectivity index (χ2n) is 2.38. The van der Waals surface area contributed by atoms with Crippen LogP contribution in [0, 0.1) is 20.8 Å². The lowest BCUT2D eigenvalue weighted by molar-refractivity contribution is 0.957. The first kappa shape index (κ1) is 10.9. The van der Waals surface area contributed by atoms with Crippen molar-refractivity contribution >= 4 is 0 Å². The van der Waals surface area contributed by atoms with Crippen LogP contribution in [-0.2, 0) is 0 Å². The molecule has 0 atom stereocenters. The average molecular weight is 168 g/mol. The number of nitrogens with zero attached hydrogens (tertiary/aromatic N) is 1. The lowest BCUT2D eigenvalue weighted by Gasteiger charge is -1.99. The van der Waals surface area contributed by atoms with E-state index in [1.807, 2.05) is 34.6 Å². The Kier molecular flexibility index (Phi) is 4.26. The normalized spacial score (nSPS) is 8.75. The molecular formula is C9H16N2O. The van der Waals surface area contributed by atoms with Crippen molar-refractivity contribution in [2.75, 3.05) is 0 Å². The van der Waals surface area contributed by atoms with Gasteiger partial charge in [0.05, 0.1) is 0 Å². The summed E-state index contributed by atoms with van der Waals surface area (Å²) in [5.41, 5.74) is 2.50. The first-order valence-corrected chi connectivity index (χ1v) is 4.15. The third kappa shape index (κ3) is 2.49. The van der Waals surface area contributed by atoms with Crippen LogP contribution in [0.1, 0.15) is 30.8 Å². The van der Waals surface area contributed by atoms with Crippen molar-refractivity contribution in [2.45, 2.75) is 34.6 Å². The number of hydrogen-bond acceptors (Lipinski definition) is 2. The maximum absolute atomic E-state index is 10.7. The Labute approximate surface area is 72.9 Å². The molecule has 0 aliphatic heterocycles. The van der Waals surface area contributed by atoms with Gasteiger partial charge in [-0.05, 0) is 26.3 Å². The van der Waals surface area contributed by atoms with Crippen molar-refractivity contribution < 1.29 is 0 Å². The molecule has 0 fully saturated rings. The lowest BCUT2D eigenvalue weighted by Crippen LogP contribution is -2.14. The van der Waals surface area contributed by atoms with Crippen LogP contribution in [0.5, 0.6) is 0 Å². The van der Waals surface area contributed by atoms with E-state index in [4.69, 9.17) is 0 Å². The molecule has 0 saturated carbocycles. The molecule has 1 aromatic heterocycles. The van der Waals surface area contributed by atoms with Crippen LogP contribution in [0.3, 0.4) is 0 Å². The Bertz CT molecular complexity index is 276. The Hall–Kier alpha value is -1.12. The minimum atomic E-state index is -0.263. The number of aryl methyl sites for hydroxylation is 2. The van der Waals surface area contributed by atoms with Gasteiger partial charge in [0.2, 0.25) is 0 Å². The molecule has 12 heavy (non-hydrogen) atoms. The fraction of sp³-hybridized carbons (Fsp3) is 0.556. The van der Waals surface area contributed by atoms with Gasteiger partial charge in [0, 0.05) is 11.4 Å². The van der Waals surface area contributed by atoms with Crippen molar-refractivity contribution in [3.63, 3.8) is 0 Å². The van der Waals surface area contributed by atoms with Crippen molar-refractivity contribution in [1.29, 1.82) is 0 Å². The van der Waals surface area contributed by atoms with Crippen molar-refractivity contribution in [1.82, 2.24) is 9.97 Å². The molecule has 0 aliphatic rings. The van der Waals surface area contributed by atoms with Gasteiger partial charge in [0.15, 0.2) is 0 Å². The second-order valence-corrected chi connectivity index (χ2v) is 2.38. The van der Waals surface area contributed by atoms with Gasteiger partial charge in [-0.3, -0.25) is 0 Å². The van der Waals surface area contributed by atoms with E-state index in [-0.39, 0.29) is 5.69 Å². The highest BCUT2D eigenvalue weighted by Gasteiger charge is 1.97. The highest BCUT2D eigenvalue weighted by Crippen LogP contribution is 2.01. The SMILES string of the molecule is CC.Cc1nc(=O)[nH]c(C)c1C. The van der Waals surface area contributed by atoms with Gasteiger partial charge in [-0.15, -0.1) is 0 Å². The molecule has 0 unspecified atom stereocenters. The first-order chi connectivity index (χ1) is 5.61. The van der Waals surface area contributed by atoms with Gasteiger partial charge in [-0.1, -0.05) is 13.8 Å². The monoisotopic (exact) mass is 168 g/mol. The number of H-pyrrole nitrogens is 1. The van der Waals surface area contributed by atoms with Crippen LogP contribution in [0.25, 0.3) is 0 Å². The highest BCUT2D eigenvalue weighted by atomic mass is 16.1. The van der Waals surface area contributed by atoms with Gasteiger partial charge in [-0.2, -0.15) is 4.98 Å². The topological polar surface area (TPSA) is 45.8 Å². The largest absolute Gasteiger partial charge is 0.345 e. The Balaban J connectivity index is 0.000000561. The third-order valence-electron chi connectivity index (χ3n) is 1.67. The van der Waals surface area contributed by atoms with Crippen LogP contribution in [0.4, 0.5) is 0 Å². The van der Waals surface area contributed by atoms with E-state index in [0.29, 0.717) is 0 Å². The quantitative estimate of drug-likeness (QED) is 0.641. The molecule has 3 nitrogen and oxygen atoms in total. The maximum Gasteiger partial charge on any atom is 0.345 e. The zero-order valence-corrected chi connectivity index (χ0v) is 8.36. The predicted molar refractivity (Wildman–Crippen MR) is 50.4 cm³/mol. The molecule has 1 aromatic rings. The van der Waals surface area contributed by atoms with E-state index in [1.54, 1.807) is 0 Å². The van der Waals surface area contributed by atoms with Gasteiger partial charge >= 0.3 is 5.69 Å². The summed E-state index contributed by atoms with van der Waals surface area (Å²) >= 11 is 0. The summed E-state index contributed by atoms with van der Waals surface area (Å²) in [6.07, 6.45) is 0. The number of aromatic nitrogens is 2. The van der Waals surface area contributed by atoms with Crippen LogP contribution in [-0.4, -0.2) is 9.97 Å². The van der Waals surface area contributed by atoms with Gasteiger partial charge in [0.1, 0.15) is 0 Å². The number of hydrogen-bond donors (Lipinski definition) is 1. The van der Waals surface area contributed by atoms with Crippen LogP contribution in [0.2, 0.25) is 0 Å². The molecule has 0 spiro atoms. The summed E-state index contributed by atoms with van der Waals surface area (Å²) in [7, 11) is 0. The molecule has 0 radical (unpaired) electrons. The number of nitrogens with one attached hydrogen (secondary N) is 1. The van der Waals surface area contributed by atoms with E-state index in [1.165, 1.54) is 0 Å². The molecule has 0 aromatic carbocycles. The standard InChI is InChI=1S/C7H10N2O.C2H6/c1-4-5(2)8-7(10)9-6(4)3;1-2/h1-3H3,(H,8,9,10);1-2H3. The maximum atomic E-state index is 10.7. The molecule has 1 rings (SSSR count). The van der Waals surface area contributed by atoms with Crippen LogP contribution in [0.15, 0.2) is 4.79 Å². The van der Waals surface area contributed by atoms with E-state index in [2.05, 4.69) is 9.97 Å². The first-order valence-electron chi connectivity index (χ1n) is 4.15. The minimum Gasteiger partial charge on any atom is -0.310 e. The van der Waals surface area contributed by atoms with E-state index >= 15 is 0 Å². The molecule has 3 heteroatoms. The molecule has 0 aliphatic carbocycles. The van der Waals surface area contributed by atoms with Gasteiger partial charge < -0.3 is 4.98 Å². The smallest absolute Gasteiger partial charge is 0.310 e. The Morgan fingerprint density at radius 2 is 1.67 bits per heavy atom. The van der Waals surface area contributed by atoms with Gasteiger partial charge in [0.25, 0.3) is 0 Å². The molecule has 0 amide bonds. The zero-order chi connectivity index (χ0) is 9.72. The average Bonchev–Trinajstić information content (AvgIpc) is 2.04. The second kappa shape index (κ2) is 4.70. The molecule has 0 saturated heterocycles. The van der Waals surface area contributed by atoms with E-state index in [9.17, 15) is 4.79 Å². The Morgan fingerprint density at radius 1 is 1.17 bits per heavy atom. The predicted octanol–water partition coefficient (Wildman–Crippen LogP) is 1.72. The summed E-state index contributed by atoms with van der Waals surface area (Å²) in [5, 5.41) is 0. The summed E-state index contributed by atoms with van der Waals surface area (Å²) in [4.78, 5) is 17.0. The summed E-state index contributed by atoms with van der Waals surface area (Å²) in [5.74, 6) is 0. The molecule has 0 bridgehead atoms. The molecular weight excluding hydrogens is 152 g/mol. The lowest BCUT2D eigenvalue weighted by atomic mass is 10.2. The van der Waals surface area contributed by atoms with Crippen molar-refractivity contribution in [3.05, 3.63) is 27.4 Å². The fourth-order valence-corrected chi connectivity index (χ4v) is 0.790. The van der Waals surface area contributed by atoms with Crippen LogP contribution >= 0.6 is 0 Å². The molecule has 1 heterocycles. The zero-order valence-electron chi connectivity index (χ0n) is 8.36. The number of rotatable bonds is 0. The van der Waals surface area contributed by atoms with Crippen molar-refractivity contribution in [2.24, 2.45) is 0 Å². The summed E-state index contributed by atoms with van der Waals surface area (Å²) in [6.45, 7) is 9.64. The summed E-state index contributed by atoms with van der Waals surface area (Å²) < 4.78 is 0. The van der Waals surface area contributed by atoms with Crippen molar-refractivity contribution in [3.8, 4) is 0 Å². The van der Waals surface area contributed by atoms with Crippen LogP contribution < -0.4 is 5.69 Å². The number of aromatic amines is 1. The Morgan fingerprint density at radius 3 is 2.08 bits per heavy atom. The minimum absolute atomic E-state index is 0.263. The molecule has 1 N–H and O–H groups in total. The summed E-state index contributed by atoms with van der Waals surface area (Å²) in [6, 6.07) is 0. The highest BCUT2D eigenvalue weighted by molar-refractivity contribution is 5.19. The van der Waals surface area contributed by atoms with Gasteiger partial charge in [-0.25, -0.2) is 4.79 Å². The van der Waals surface area contributed by atoms with E-state index < -0.39 is 0 Å². The fourth-order valence-electron chi connectivity index (χ4n) is 0.790.